The van der Waals surface area contributed by atoms with E-state index in [0.717, 1.165) is 25.0 Å². The lowest BCUT2D eigenvalue weighted by atomic mass is 10.4. The van der Waals surface area contributed by atoms with E-state index in [0.29, 0.717) is 5.76 Å². The molecule has 2 heterocycles. The molecule has 1 fully saturated rings. The molecule has 8 heteroatoms. The summed E-state index contributed by atoms with van der Waals surface area (Å²) in [5.41, 5.74) is 0. The molecular weight excluding hydrogens is 298 g/mol. The van der Waals surface area contributed by atoms with Gasteiger partial charge in [-0.3, -0.25) is 0 Å². The summed E-state index contributed by atoms with van der Waals surface area (Å²) in [6.45, 7) is 0.100. The number of carboxylic acids is 1. The van der Waals surface area contributed by atoms with Gasteiger partial charge < -0.3 is 13.9 Å². The molecule has 1 aliphatic carbocycles. The minimum absolute atomic E-state index is 0.0986. The Morgan fingerprint density at radius 3 is 2.62 bits per heavy atom. The summed E-state index contributed by atoms with van der Waals surface area (Å²) in [5, 5.41) is 8.45. The van der Waals surface area contributed by atoms with Gasteiger partial charge in [0, 0.05) is 6.04 Å². The third kappa shape index (κ3) is 2.72. The molecule has 0 spiro atoms. The van der Waals surface area contributed by atoms with Crippen molar-refractivity contribution in [1.82, 2.24) is 4.31 Å². The molecule has 1 saturated carbocycles. The molecule has 7 nitrogen and oxygen atoms in total. The number of rotatable bonds is 6. The van der Waals surface area contributed by atoms with E-state index in [9.17, 15) is 13.2 Å². The van der Waals surface area contributed by atoms with Crippen molar-refractivity contribution in [2.24, 2.45) is 0 Å². The summed E-state index contributed by atoms with van der Waals surface area (Å²) in [7, 11) is -3.88. The topological polar surface area (TPSA) is 101 Å². The Morgan fingerprint density at radius 1 is 1.33 bits per heavy atom. The summed E-state index contributed by atoms with van der Waals surface area (Å²) in [6, 6.07) is 5.57. The van der Waals surface area contributed by atoms with E-state index >= 15 is 0 Å². The normalized spacial score (nSPS) is 15.5. The smallest absolute Gasteiger partial charge is 0.371 e. The first-order chi connectivity index (χ1) is 9.98. The monoisotopic (exact) mass is 311 g/mol. The van der Waals surface area contributed by atoms with Crippen LogP contribution in [0, 0.1) is 0 Å². The molecule has 0 aromatic carbocycles. The molecule has 0 bridgehead atoms. The number of aromatic carboxylic acids is 1. The van der Waals surface area contributed by atoms with Crippen LogP contribution in [-0.4, -0.2) is 29.8 Å². The van der Waals surface area contributed by atoms with Gasteiger partial charge in [0.25, 0.3) is 10.0 Å². The van der Waals surface area contributed by atoms with Crippen molar-refractivity contribution >= 4 is 16.0 Å². The van der Waals surface area contributed by atoms with Crippen LogP contribution in [0.5, 0.6) is 0 Å². The molecule has 2 aromatic rings. The fourth-order valence-electron chi connectivity index (χ4n) is 2.02. The molecule has 112 valence electrons. The van der Waals surface area contributed by atoms with Gasteiger partial charge in [-0.25, -0.2) is 13.2 Å². The number of carboxylic acid groups (broad SMARTS) is 1. The number of carbonyl (C=O) groups is 1. The molecular formula is C13H13NO6S. The predicted octanol–water partition coefficient (Wildman–Crippen LogP) is 1.92. The zero-order chi connectivity index (χ0) is 15.0. The first-order valence-electron chi connectivity index (χ1n) is 6.36. The molecule has 1 aliphatic rings. The maximum atomic E-state index is 12.6. The Hall–Kier alpha value is -2.06. The molecule has 3 rings (SSSR count). The fraction of sp³-hybridized carbons (Fsp3) is 0.308. The average molecular weight is 311 g/mol. The van der Waals surface area contributed by atoms with E-state index in [4.69, 9.17) is 13.9 Å². The maximum absolute atomic E-state index is 12.6. The first-order valence-corrected chi connectivity index (χ1v) is 7.80. The number of furan rings is 2. The van der Waals surface area contributed by atoms with Crippen molar-refractivity contribution < 1.29 is 27.2 Å². The fourth-order valence-corrected chi connectivity index (χ4v) is 3.59. The van der Waals surface area contributed by atoms with Crippen molar-refractivity contribution in [3.05, 3.63) is 42.0 Å². The zero-order valence-corrected chi connectivity index (χ0v) is 11.7. The van der Waals surface area contributed by atoms with Crippen LogP contribution in [0.1, 0.15) is 29.2 Å². The highest BCUT2D eigenvalue weighted by Crippen LogP contribution is 2.34. The third-order valence-corrected chi connectivity index (χ3v) is 4.97. The second kappa shape index (κ2) is 5.05. The number of sulfonamides is 1. The van der Waals surface area contributed by atoms with Gasteiger partial charge in [0.1, 0.15) is 5.76 Å². The first kappa shape index (κ1) is 13.9. The van der Waals surface area contributed by atoms with E-state index in [1.165, 1.54) is 10.6 Å². The SMILES string of the molecule is O=C(O)c1ccc(S(=O)(=O)N(Cc2ccco2)C2CC2)o1. The molecule has 2 aromatic heterocycles. The van der Waals surface area contributed by atoms with Gasteiger partial charge in [-0.1, -0.05) is 0 Å². The largest absolute Gasteiger partial charge is 0.475 e. The van der Waals surface area contributed by atoms with E-state index in [1.54, 1.807) is 12.1 Å². The second-order valence-corrected chi connectivity index (χ2v) is 6.61. The van der Waals surface area contributed by atoms with Crippen molar-refractivity contribution in [3.8, 4) is 0 Å². The highest BCUT2D eigenvalue weighted by molar-refractivity contribution is 7.89. The quantitative estimate of drug-likeness (QED) is 0.874. The Kier molecular flexibility index (Phi) is 3.34. The van der Waals surface area contributed by atoms with E-state index in [2.05, 4.69) is 0 Å². The van der Waals surface area contributed by atoms with Crippen molar-refractivity contribution in [3.63, 3.8) is 0 Å². The van der Waals surface area contributed by atoms with Crippen LogP contribution in [-0.2, 0) is 16.6 Å². The Balaban J connectivity index is 1.91. The minimum atomic E-state index is -3.88. The van der Waals surface area contributed by atoms with Gasteiger partial charge in [-0.05, 0) is 37.1 Å². The summed E-state index contributed by atoms with van der Waals surface area (Å²) >= 11 is 0. The molecule has 0 saturated heterocycles. The van der Waals surface area contributed by atoms with Gasteiger partial charge in [0.05, 0.1) is 12.8 Å². The van der Waals surface area contributed by atoms with Gasteiger partial charge in [-0.2, -0.15) is 4.31 Å². The highest BCUT2D eigenvalue weighted by Gasteiger charge is 2.40. The van der Waals surface area contributed by atoms with Crippen molar-refractivity contribution in [2.45, 2.75) is 30.5 Å². The van der Waals surface area contributed by atoms with E-state index in [-0.39, 0.29) is 17.7 Å². The Labute approximate surface area is 120 Å². The molecule has 0 amide bonds. The molecule has 0 aliphatic heterocycles. The molecule has 0 unspecified atom stereocenters. The lowest BCUT2D eigenvalue weighted by Gasteiger charge is -2.19. The van der Waals surface area contributed by atoms with Gasteiger partial charge >= 0.3 is 5.97 Å². The van der Waals surface area contributed by atoms with Crippen LogP contribution in [0.2, 0.25) is 0 Å². The molecule has 0 radical (unpaired) electrons. The van der Waals surface area contributed by atoms with Crippen LogP contribution in [0.4, 0.5) is 0 Å². The Bertz CT molecular complexity index is 741. The summed E-state index contributed by atoms with van der Waals surface area (Å²) in [6.07, 6.45) is 3.02. The van der Waals surface area contributed by atoms with Crippen LogP contribution in [0.3, 0.4) is 0 Å². The predicted molar refractivity (Wildman–Crippen MR) is 70.1 cm³/mol. The van der Waals surface area contributed by atoms with Crippen LogP contribution < -0.4 is 0 Å². The molecule has 1 N–H and O–H groups in total. The van der Waals surface area contributed by atoms with Gasteiger partial charge in [0.15, 0.2) is 0 Å². The lowest BCUT2D eigenvalue weighted by molar-refractivity contribution is 0.0656. The van der Waals surface area contributed by atoms with Gasteiger partial charge in [-0.15, -0.1) is 0 Å². The molecule has 0 atom stereocenters. The third-order valence-electron chi connectivity index (χ3n) is 3.20. The Morgan fingerprint density at radius 2 is 2.10 bits per heavy atom. The van der Waals surface area contributed by atoms with Crippen LogP contribution >= 0.6 is 0 Å². The van der Waals surface area contributed by atoms with Crippen molar-refractivity contribution in [1.29, 1.82) is 0 Å². The zero-order valence-electron chi connectivity index (χ0n) is 10.9. The summed E-state index contributed by atoms with van der Waals surface area (Å²) < 4.78 is 36.5. The number of hydrogen-bond donors (Lipinski definition) is 1. The average Bonchev–Trinajstić information content (AvgIpc) is 2.95. The second-order valence-electron chi connectivity index (χ2n) is 4.78. The minimum Gasteiger partial charge on any atom is -0.475 e. The number of hydrogen-bond acceptors (Lipinski definition) is 5. The summed E-state index contributed by atoms with van der Waals surface area (Å²) in [5.74, 6) is -1.18. The highest BCUT2D eigenvalue weighted by atomic mass is 32.2. The van der Waals surface area contributed by atoms with E-state index in [1.807, 2.05) is 0 Å². The number of nitrogens with zero attached hydrogens (tertiary/aromatic N) is 1. The van der Waals surface area contributed by atoms with E-state index < -0.39 is 21.8 Å². The standard InChI is InChI=1S/C13H13NO6S/c15-13(16)11-5-6-12(20-11)21(17,18)14(9-3-4-9)8-10-2-1-7-19-10/h1-2,5-7,9H,3-4,8H2,(H,15,16). The lowest BCUT2D eigenvalue weighted by Crippen LogP contribution is -2.32. The van der Waals surface area contributed by atoms with Crippen molar-refractivity contribution in [2.75, 3.05) is 0 Å². The maximum Gasteiger partial charge on any atom is 0.371 e. The van der Waals surface area contributed by atoms with Crippen LogP contribution in [0.25, 0.3) is 0 Å². The van der Waals surface area contributed by atoms with Gasteiger partial charge in [0.2, 0.25) is 10.9 Å². The summed E-state index contributed by atoms with van der Waals surface area (Å²) in [4.78, 5) is 10.8. The van der Waals surface area contributed by atoms with Crippen LogP contribution in [0.15, 0.2) is 44.5 Å². The molecule has 21 heavy (non-hydrogen) atoms.